The Kier molecular flexibility index (Phi) is 4.25. The molecule has 0 aliphatic heterocycles. The summed E-state index contributed by atoms with van der Waals surface area (Å²) >= 11 is 4.64. The van der Waals surface area contributed by atoms with Gasteiger partial charge in [-0.25, -0.2) is 9.07 Å². The van der Waals surface area contributed by atoms with E-state index < -0.39 is 6.67 Å². The molecule has 0 bridgehead atoms. The molecule has 2 aromatic heterocycles. The summed E-state index contributed by atoms with van der Waals surface area (Å²) in [6.45, 7) is 6.30. The van der Waals surface area contributed by atoms with Crippen molar-refractivity contribution in [3.63, 3.8) is 0 Å². The Morgan fingerprint density at radius 1 is 1.72 bits per heavy atom. The van der Waals surface area contributed by atoms with E-state index in [-0.39, 0.29) is 11.0 Å². The number of hydrogen-bond donors (Lipinski definition) is 0. The van der Waals surface area contributed by atoms with E-state index in [1.54, 1.807) is 6.20 Å². The Morgan fingerprint density at radius 3 is 3.00 bits per heavy atom. The van der Waals surface area contributed by atoms with Gasteiger partial charge in [0, 0.05) is 6.20 Å². The van der Waals surface area contributed by atoms with Gasteiger partial charge in [-0.05, 0) is 6.26 Å². The van der Waals surface area contributed by atoms with Gasteiger partial charge in [-0.2, -0.15) is 5.10 Å². The maximum Gasteiger partial charge on any atom is 0.486 e. The fraction of sp³-hybridized carbons (Fsp3) is 0.222. The van der Waals surface area contributed by atoms with Crippen LogP contribution in [0.3, 0.4) is 0 Å². The summed E-state index contributed by atoms with van der Waals surface area (Å²) in [6.07, 6.45) is 3.55. The predicted octanol–water partition coefficient (Wildman–Crippen LogP) is 2.53. The summed E-state index contributed by atoms with van der Waals surface area (Å²) in [5.41, 5.74) is 0.370. The van der Waals surface area contributed by atoms with Gasteiger partial charge in [0.15, 0.2) is 5.00 Å². The molecule has 18 heavy (non-hydrogen) atoms. The van der Waals surface area contributed by atoms with E-state index in [0.717, 1.165) is 16.2 Å². The highest BCUT2D eigenvalue weighted by molar-refractivity contribution is 7.98. The van der Waals surface area contributed by atoms with Crippen LogP contribution in [0.15, 0.2) is 11.1 Å². The highest BCUT2D eigenvalue weighted by Crippen LogP contribution is 2.35. The molecule has 0 spiro atoms. The average Bonchev–Trinajstić information content (AvgIpc) is 3.01. The number of thiazole rings is 1. The molecule has 2 heterocycles. The van der Waals surface area contributed by atoms with Gasteiger partial charge in [0.2, 0.25) is 0 Å². The van der Waals surface area contributed by atoms with Crippen molar-refractivity contribution < 1.29 is 8.18 Å². The first-order valence-electron chi connectivity index (χ1n) is 4.67. The zero-order valence-corrected chi connectivity index (χ0v) is 12.0. The van der Waals surface area contributed by atoms with Crippen molar-refractivity contribution in [3.8, 4) is 10.9 Å². The molecule has 0 amide bonds. The van der Waals surface area contributed by atoms with E-state index in [9.17, 15) is 4.39 Å². The molecule has 0 aromatic carbocycles. The van der Waals surface area contributed by atoms with Gasteiger partial charge in [0.05, 0.1) is 4.90 Å². The van der Waals surface area contributed by atoms with E-state index >= 15 is 0 Å². The smallest absolute Gasteiger partial charge is 0.486 e. The van der Waals surface area contributed by atoms with Crippen LogP contribution in [0.5, 0.6) is 5.88 Å². The first kappa shape index (κ1) is 13.4. The van der Waals surface area contributed by atoms with Gasteiger partial charge >= 0.3 is 27.6 Å². The number of nitrogens with zero attached hydrogens (tertiary/aromatic N) is 4. The van der Waals surface area contributed by atoms with Gasteiger partial charge in [-0.1, -0.05) is 11.6 Å². The molecule has 90 valence electrons. The van der Waals surface area contributed by atoms with E-state index in [4.69, 9.17) is 10.4 Å². The van der Waals surface area contributed by atoms with Crippen molar-refractivity contribution in [2.45, 2.75) is 11.6 Å². The van der Waals surface area contributed by atoms with Gasteiger partial charge < -0.3 is 8.63 Å². The second kappa shape index (κ2) is 5.72. The van der Waals surface area contributed by atoms with Crippen LogP contribution in [0.1, 0.15) is 5.69 Å². The minimum absolute atomic E-state index is 0.255. The molecule has 0 unspecified atom stereocenters. The van der Waals surface area contributed by atoms with Gasteiger partial charge in [0.1, 0.15) is 12.4 Å². The van der Waals surface area contributed by atoms with Gasteiger partial charge in [0.25, 0.3) is 0 Å². The Morgan fingerprint density at radius 2 is 2.50 bits per heavy atom. The van der Waals surface area contributed by atoms with Crippen molar-refractivity contribution >= 4 is 44.9 Å². The Labute approximate surface area is 120 Å². The summed E-state index contributed by atoms with van der Waals surface area (Å²) < 4.78 is 19.3. The SMILES string of the molecule is [C-]#[N+]c1nc([O][Al])c(-n2cc(SC)c(CF)n2)s1. The molecule has 0 saturated carbocycles. The summed E-state index contributed by atoms with van der Waals surface area (Å²) in [5.74, 6) is 0.288. The third-order valence-electron chi connectivity index (χ3n) is 2.08. The summed E-state index contributed by atoms with van der Waals surface area (Å²) in [7, 11) is 0. The maximum atomic E-state index is 12.8. The number of halogens is 1. The van der Waals surface area contributed by atoms with Crippen LogP contribution in [0.2, 0.25) is 0 Å². The third kappa shape index (κ3) is 2.38. The first-order chi connectivity index (χ1) is 8.73. The maximum absolute atomic E-state index is 12.8. The Bertz CT molecular complexity index is 585. The normalized spacial score (nSPS) is 10.3. The fourth-order valence-electron chi connectivity index (χ4n) is 1.32. The van der Waals surface area contributed by atoms with Crippen LogP contribution in [0.25, 0.3) is 9.85 Å². The molecule has 0 atom stereocenters. The number of aromatic nitrogens is 3. The van der Waals surface area contributed by atoms with Crippen LogP contribution in [0.4, 0.5) is 9.52 Å². The predicted molar refractivity (Wildman–Crippen MR) is 68.5 cm³/mol. The third-order valence-corrected chi connectivity index (χ3v) is 4.01. The molecule has 0 aliphatic rings. The van der Waals surface area contributed by atoms with Crippen LogP contribution in [-0.4, -0.2) is 37.6 Å². The van der Waals surface area contributed by atoms with Crippen molar-refractivity contribution in [2.24, 2.45) is 0 Å². The summed E-state index contributed by atoms with van der Waals surface area (Å²) in [6, 6.07) is 0. The lowest BCUT2D eigenvalue weighted by Gasteiger charge is -1.98. The minimum atomic E-state index is -0.630. The molecule has 0 fully saturated rings. The second-order valence-corrected chi connectivity index (χ2v) is 5.10. The Balaban J connectivity index is 2.51. The molecule has 0 aliphatic carbocycles. The van der Waals surface area contributed by atoms with E-state index in [2.05, 4.69) is 31.6 Å². The summed E-state index contributed by atoms with van der Waals surface area (Å²) in [5, 5.41) is 4.94. The standard InChI is InChI=1S/C9H7FN4OS2.Al/c1-11-9-12-7(15)8(17-9)14-4-6(16-2)5(3-10)13-14;/h4,15H,3H2,2H3;/q;+1/p-1. The highest BCUT2D eigenvalue weighted by Gasteiger charge is 2.18. The van der Waals surface area contributed by atoms with Crippen molar-refractivity contribution in [3.05, 3.63) is 23.3 Å². The van der Waals surface area contributed by atoms with E-state index in [1.807, 2.05) is 6.26 Å². The highest BCUT2D eigenvalue weighted by atomic mass is 32.2. The minimum Gasteiger partial charge on any atom is -0.621 e. The molecule has 0 saturated heterocycles. The average molecular weight is 296 g/mol. The number of alkyl halides is 1. The zero-order chi connectivity index (χ0) is 13.1. The first-order valence-corrected chi connectivity index (χ1v) is 7.18. The number of rotatable bonds is 4. The summed E-state index contributed by atoms with van der Waals surface area (Å²) in [4.78, 5) is 7.97. The molecule has 0 N–H and O–H groups in total. The van der Waals surface area contributed by atoms with Crippen molar-refractivity contribution in [1.29, 1.82) is 0 Å². The topological polar surface area (TPSA) is 44.3 Å². The number of hydrogen-bond acceptors (Lipinski definition) is 5. The molecule has 2 radical (unpaired) electrons. The van der Waals surface area contributed by atoms with Crippen molar-refractivity contribution in [1.82, 2.24) is 14.8 Å². The van der Waals surface area contributed by atoms with E-state index in [1.165, 1.54) is 16.4 Å². The lowest BCUT2D eigenvalue weighted by Crippen LogP contribution is -1.96. The monoisotopic (exact) mass is 296 g/mol. The quantitative estimate of drug-likeness (QED) is 0.494. The van der Waals surface area contributed by atoms with Crippen LogP contribution < -0.4 is 3.79 Å². The van der Waals surface area contributed by atoms with Crippen LogP contribution in [-0.2, 0) is 6.67 Å². The largest absolute Gasteiger partial charge is 0.621 e. The van der Waals surface area contributed by atoms with Gasteiger partial charge in [-0.15, -0.1) is 23.1 Å². The van der Waals surface area contributed by atoms with Crippen LogP contribution >= 0.6 is 23.1 Å². The molecule has 2 rings (SSSR count). The molecular weight excluding hydrogens is 290 g/mol. The van der Waals surface area contributed by atoms with Gasteiger partial charge in [-0.3, -0.25) is 0 Å². The molecule has 2 aromatic rings. The van der Waals surface area contributed by atoms with Crippen LogP contribution in [0, 0.1) is 6.57 Å². The van der Waals surface area contributed by atoms with Crippen molar-refractivity contribution in [2.75, 3.05) is 6.26 Å². The molecule has 5 nitrogen and oxygen atoms in total. The van der Waals surface area contributed by atoms with E-state index in [0.29, 0.717) is 10.7 Å². The molecular formula is C9H6AlFN4OS2. The lowest BCUT2D eigenvalue weighted by atomic mass is 10.5. The number of thioether (sulfide) groups is 1. The molecule has 9 heteroatoms. The Hall–Kier alpha value is -1.06. The fourth-order valence-corrected chi connectivity index (χ4v) is 2.82. The second-order valence-electron chi connectivity index (χ2n) is 3.06. The lowest BCUT2D eigenvalue weighted by molar-refractivity contribution is 0.468. The zero-order valence-electron chi connectivity index (χ0n) is 9.25.